The Kier molecular flexibility index (Phi) is 10.7. The smallest absolute Gasteiger partial charge is 0.0462 e. The molecular weight excluding hydrogens is 725 g/mol. The van der Waals surface area contributed by atoms with Crippen molar-refractivity contribution in [2.75, 3.05) is 9.80 Å². The van der Waals surface area contributed by atoms with Crippen molar-refractivity contribution in [1.29, 1.82) is 0 Å². The number of hydrogen-bond acceptors (Lipinski definition) is 2. The maximum Gasteiger partial charge on any atom is 0.0462 e. The molecule has 0 spiro atoms. The average molecular weight is 773 g/mol. The van der Waals surface area contributed by atoms with Crippen molar-refractivity contribution in [3.05, 3.63) is 239 Å². The number of rotatable bonds is 10. The minimum atomic E-state index is 1.12. The Morgan fingerprint density at radius 2 is 0.467 bits per heavy atom. The van der Waals surface area contributed by atoms with Gasteiger partial charge < -0.3 is 9.80 Å². The van der Waals surface area contributed by atoms with E-state index in [-0.39, 0.29) is 0 Å². The fourth-order valence-electron chi connectivity index (χ4n) is 8.05. The number of hydrogen-bond donors (Lipinski definition) is 0. The molecule has 0 amide bonds. The Bertz CT molecular complexity index is 2600. The number of benzene rings is 9. The number of nitrogens with zero attached hydrogens (tertiary/aromatic N) is 2. The van der Waals surface area contributed by atoms with Crippen molar-refractivity contribution in [3.8, 4) is 0 Å². The normalized spacial score (nSPS) is 11.5. The lowest BCUT2D eigenvalue weighted by Gasteiger charge is -2.26. The molecule has 0 unspecified atom stereocenters. The van der Waals surface area contributed by atoms with E-state index < -0.39 is 0 Å². The second kappa shape index (κ2) is 16.8. The summed E-state index contributed by atoms with van der Waals surface area (Å²) in [5.74, 6) is 0. The first-order valence-electron chi connectivity index (χ1n) is 20.7. The first kappa shape index (κ1) is 38.1. The van der Waals surface area contributed by atoms with Gasteiger partial charge in [-0.3, -0.25) is 0 Å². The van der Waals surface area contributed by atoms with Crippen LogP contribution in [0.2, 0.25) is 0 Å². The molecule has 0 aromatic heterocycles. The van der Waals surface area contributed by atoms with Gasteiger partial charge in [0.05, 0.1) is 0 Å². The van der Waals surface area contributed by atoms with Crippen LogP contribution in [0, 0.1) is 27.7 Å². The summed E-state index contributed by atoms with van der Waals surface area (Å²) in [7, 11) is 0. The van der Waals surface area contributed by atoms with Gasteiger partial charge in [-0.1, -0.05) is 168 Å². The second-order valence-electron chi connectivity index (χ2n) is 15.8. The summed E-state index contributed by atoms with van der Waals surface area (Å²) in [6.07, 6.45) is 9.07. The van der Waals surface area contributed by atoms with Gasteiger partial charge in [0.25, 0.3) is 0 Å². The maximum atomic E-state index is 2.32. The zero-order chi connectivity index (χ0) is 41.0. The second-order valence-corrected chi connectivity index (χ2v) is 15.8. The van der Waals surface area contributed by atoms with Gasteiger partial charge >= 0.3 is 0 Å². The van der Waals surface area contributed by atoms with Crippen LogP contribution in [0.5, 0.6) is 0 Å². The van der Waals surface area contributed by atoms with E-state index in [0.29, 0.717) is 0 Å². The molecule has 0 heterocycles. The summed E-state index contributed by atoms with van der Waals surface area (Å²) < 4.78 is 0. The summed E-state index contributed by atoms with van der Waals surface area (Å²) in [5.41, 5.74) is 16.5. The summed E-state index contributed by atoms with van der Waals surface area (Å²) in [5, 5.41) is 4.93. The van der Waals surface area contributed by atoms with Crippen molar-refractivity contribution in [2.24, 2.45) is 0 Å². The van der Waals surface area contributed by atoms with Gasteiger partial charge in [-0.05, 0) is 144 Å². The molecule has 0 fully saturated rings. The predicted molar refractivity (Wildman–Crippen MR) is 261 cm³/mol. The highest BCUT2D eigenvalue weighted by atomic mass is 15.1. The molecule has 9 rings (SSSR count). The molecule has 0 aliphatic carbocycles. The third-order valence-electron chi connectivity index (χ3n) is 11.4. The minimum Gasteiger partial charge on any atom is -0.311 e. The fraction of sp³-hybridized carbons (Fsp3) is 0.0690. The van der Waals surface area contributed by atoms with Crippen molar-refractivity contribution in [1.82, 2.24) is 0 Å². The Morgan fingerprint density at radius 1 is 0.250 bits per heavy atom. The molecule has 0 atom stereocenters. The highest BCUT2D eigenvalue weighted by Crippen LogP contribution is 2.38. The molecule has 0 bridgehead atoms. The molecule has 0 aliphatic rings. The van der Waals surface area contributed by atoms with Crippen LogP contribution in [0.25, 0.3) is 45.8 Å². The van der Waals surface area contributed by atoms with Crippen LogP contribution in [-0.2, 0) is 0 Å². The lowest BCUT2D eigenvalue weighted by Crippen LogP contribution is -2.09. The quantitative estimate of drug-likeness (QED) is 0.101. The summed E-state index contributed by atoms with van der Waals surface area (Å²) in [6, 6.07) is 70.3. The zero-order valence-corrected chi connectivity index (χ0v) is 34.7. The van der Waals surface area contributed by atoms with Crippen LogP contribution in [0.15, 0.2) is 194 Å². The maximum absolute atomic E-state index is 2.32. The van der Waals surface area contributed by atoms with Crippen LogP contribution in [-0.4, -0.2) is 0 Å². The molecular formula is C58H48N2. The van der Waals surface area contributed by atoms with Gasteiger partial charge in [0.2, 0.25) is 0 Å². The molecule has 0 saturated heterocycles. The largest absolute Gasteiger partial charge is 0.311 e. The van der Waals surface area contributed by atoms with Crippen LogP contribution < -0.4 is 9.80 Å². The van der Waals surface area contributed by atoms with E-state index in [1.165, 1.54) is 54.9 Å². The molecule has 2 nitrogen and oxygen atoms in total. The standard InChI is InChI=1S/C58H48N2/c1-41-13-27-47(28-14-41)59(48-29-15-42(2)16-30-48)51-35-21-45(22-36-51)25-39-57-53-9-5-7-11-55(53)58(56-12-8-6-10-54(56)57)40-26-46-23-37-52(38-24-46)60(49-31-17-43(3)18-32-49)50-33-19-44(4)20-34-50/h5-40H,1-4H3/b39-25+,40-26+. The van der Waals surface area contributed by atoms with Gasteiger partial charge in [-0.2, -0.15) is 0 Å². The third-order valence-corrected chi connectivity index (χ3v) is 11.4. The van der Waals surface area contributed by atoms with E-state index in [1.807, 2.05) is 0 Å². The van der Waals surface area contributed by atoms with Crippen molar-refractivity contribution < 1.29 is 0 Å². The van der Waals surface area contributed by atoms with Gasteiger partial charge in [0.15, 0.2) is 0 Å². The van der Waals surface area contributed by atoms with Gasteiger partial charge in [-0.15, -0.1) is 0 Å². The molecule has 9 aromatic rings. The van der Waals surface area contributed by atoms with E-state index in [1.54, 1.807) is 0 Å². The van der Waals surface area contributed by atoms with Crippen molar-refractivity contribution in [3.63, 3.8) is 0 Å². The monoisotopic (exact) mass is 772 g/mol. The van der Waals surface area contributed by atoms with E-state index in [0.717, 1.165) is 45.3 Å². The average Bonchev–Trinajstić information content (AvgIpc) is 3.28. The molecule has 0 saturated carbocycles. The molecule has 9 aromatic carbocycles. The van der Waals surface area contributed by atoms with Gasteiger partial charge in [0, 0.05) is 34.1 Å². The van der Waals surface area contributed by atoms with E-state index in [9.17, 15) is 0 Å². The SMILES string of the molecule is Cc1ccc(N(c2ccc(C)cc2)c2ccc(/C=C/c3c4ccccc4c(/C=C/c4ccc(N(c5ccc(C)cc5)c5ccc(C)cc5)cc4)c4ccccc34)cc2)cc1. The molecule has 0 radical (unpaired) electrons. The molecule has 290 valence electrons. The van der Waals surface area contributed by atoms with E-state index in [4.69, 9.17) is 0 Å². The highest BCUT2D eigenvalue weighted by Gasteiger charge is 2.15. The third kappa shape index (κ3) is 8.01. The molecule has 60 heavy (non-hydrogen) atoms. The lowest BCUT2D eigenvalue weighted by molar-refractivity contribution is 1.27. The number of anilines is 6. The van der Waals surface area contributed by atoms with Gasteiger partial charge in [0.1, 0.15) is 0 Å². The Labute approximate surface area is 354 Å². The number of fused-ring (bicyclic) bond motifs is 2. The van der Waals surface area contributed by atoms with Crippen molar-refractivity contribution in [2.45, 2.75) is 27.7 Å². The molecule has 2 heteroatoms. The summed E-state index contributed by atoms with van der Waals surface area (Å²) >= 11 is 0. The van der Waals surface area contributed by atoms with E-state index >= 15 is 0 Å². The van der Waals surface area contributed by atoms with Gasteiger partial charge in [-0.25, -0.2) is 0 Å². The Morgan fingerprint density at radius 3 is 0.700 bits per heavy atom. The topological polar surface area (TPSA) is 6.48 Å². The lowest BCUT2D eigenvalue weighted by atomic mass is 9.91. The van der Waals surface area contributed by atoms with Crippen LogP contribution in [0.4, 0.5) is 34.1 Å². The Balaban J connectivity index is 1.03. The zero-order valence-electron chi connectivity index (χ0n) is 34.7. The first-order valence-corrected chi connectivity index (χ1v) is 20.7. The van der Waals surface area contributed by atoms with E-state index in [2.05, 4.69) is 256 Å². The first-order chi connectivity index (χ1) is 29.4. The van der Waals surface area contributed by atoms with Crippen molar-refractivity contribution >= 4 is 80.0 Å². The number of aryl methyl sites for hydroxylation is 4. The molecule has 0 aliphatic heterocycles. The highest BCUT2D eigenvalue weighted by molar-refractivity contribution is 6.14. The minimum absolute atomic E-state index is 1.12. The van der Waals surface area contributed by atoms with Crippen LogP contribution >= 0.6 is 0 Å². The Hall–Kier alpha value is -7.42. The summed E-state index contributed by atoms with van der Waals surface area (Å²) in [6.45, 7) is 8.52. The van der Waals surface area contributed by atoms with Crippen LogP contribution in [0.1, 0.15) is 44.5 Å². The molecule has 0 N–H and O–H groups in total. The fourth-order valence-corrected chi connectivity index (χ4v) is 8.05. The summed E-state index contributed by atoms with van der Waals surface area (Å²) in [4.78, 5) is 4.64. The van der Waals surface area contributed by atoms with Crippen LogP contribution in [0.3, 0.4) is 0 Å². The predicted octanol–water partition coefficient (Wildman–Crippen LogP) is 16.5.